The number of alkyl halides is 3. The first-order chi connectivity index (χ1) is 9.79. The first-order valence-corrected chi connectivity index (χ1v) is 11.4. The van der Waals surface area contributed by atoms with Gasteiger partial charge in [-0.1, -0.05) is 0 Å². The summed E-state index contributed by atoms with van der Waals surface area (Å²) in [4.78, 5) is 0. The van der Waals surface area contributed by atoms with Gasteiger partial charge in [-0.2, -0.15) is 0 Å². The van der Waals surface area contributed by atoms with Gasteiger partial charge in [0.2, 0.25) is 0 Å². The zero-order valence-corrected chi connectivity index (χ0v) is 14.5. The van der Waals surface area contributed by atoms with Gasteiger partial charge in [0, 0.05) is 0 Å². The molecule has 0 nitrogen and oxygen atoms in total. The molecule has 0 saturated heterocycles. The van der Waals surface area contributed by atoms with E-state index in [4.69, 9.17) is 11.2 Å². The number of hydrogen-bond acceptors (Lipinski definition) is 0. The van der Waals surface area contributed by atoms with Gasteiger partial charge >= 0.3 is 131 Å². The van der Waals surface area contributed by atoms with E-state index < -0.39 is 18.4 Å². The molecule has 0 fully saturated rings. The van der Waals surface area contributed by atoms with Crippen LogP contribution in [0.4, 0.5) is 13.2 Å². The van der Waals surface area contributed by atoms with E-state index in [9.17, 15) is 13.2 Å². The van der Waals surface area contributed by atoms with Gasteiger partial charge < -0.3 is 0 Å². The van der Waals surface area contributed by atoms with Crippen molar-refractivity contribution in [2.45, 2.75) is 51.6 Å². The van der Waals surface area contributed by atoms with Crippen LogP contribution in [0.1, 0.15) is 51.0 Å². The number of halogens is 4. The number of benzene rings is 1. The Morgan fingerprint density at radius 3 is 2.19 bits per heavy atom. The standard InChI is InChI=1S/C16H25ClF3P/c1-3-4-5-6-7-10-13-21(2,17)15-12-9-8-11-14(15)16(18,19)20/h8-9,11-12,21H,3-7,10,13H2,1-2H3. The topological polar surface area (TPSA) is 0 Å². The van der Waals surface area contributed by atoms with Crippen molar-refractivity contribution >= 4 is 23.2 Å². The van der Waals surface area contributed by atoms with Crippen molar-refractivity contribution in [3.8, 4) is 0 Å². The Labute approximate surface area is 131 Å². The Bertz CT molecular complexity index is 430. The average Bonchev–Trinajstić information content (AvgIpc) is 2.42. The fourth-order valence-electron chi connectivity index (χ4n) is 2.56. The first kappa shape index (κ1) is 18.8. The summed E-state index contributed by atoms with van der Waals surface area (Å²) < 4.78 is 39.2. The Balaban J connectivity index is 2.66. The van der Waals surface area contributed by atoms with Crippen LogP contribution in [0.2, 0.25) is 0 Å². The molecule has 0 amide bonds. The molecule has 0 saturated carbocycles. The van der Waals surface area contributed by atoms with Gasteiger partial charge in [-0.3, -0.25) is 0 Å². The predicted octanol–water partition coefficient (Wildman–Crippen LogP) is 6.22. The number of unbranched alkanes of at least 4 members (excludes halogenated alkanes) is 5. The second-order valence-corrected chi connectivity index (χ2v) is 11.7. The molecule has 0 aliphatic heterocycles. The molecule has 1 aromatic carbocycles. The van der Waals surface area contributed by atoms with Crippen LogP contribution in [0.5, 0.6) is 0 Å². The van der Waals surface area contributed by atoms with Crippen molar-refractivity contribution in [2.75, 3.05) is 12.8 Å². The molecule has 0 radical (unpaired) electrons. The van der Waals surface area contributed by atoms with E-state index in [1.165, 1.54) is 25.3 Å². The molecule has 0 unspecified atom stereocenters. The summed E-state index contributed by atoms with van der Waals surface area (Å²) in [5.41, 5.74) is -0.555. The van der Waals surface area contributed by atoms with Crippen LogP contribution in [-0.2, 0) is 6.18 Å². The van der Waals surface area contributed by atoms with Crippen LogP contribution in [-0.4, -0.2) is 12.8 Å². The van der Waals surface area contributed by atoms with Crippen molar-refractivity contribution in [1.29, 1.82) is 0 Å². The van der Waals surface area contributed by atoms with E-state index in [0.717, 1.165) is 25.3 Å². The molecular weight excluding hydrogens is 316 g/mol. The summed E-state index contributed by atoms with van der Waals surface area (Å²) in [6.45, 7) is 1.44. The fourth-order valence-corrected chi connectivity index (χ4v) is 5.87. The van der Waals surface area contributed by atoms with Crippen molar-refractivity contribution in [1.82, 2.24) is 0 Å². The minimum absolute atomic E-state index is 0.327. The maximum absolute atomic E-state index is 13.1. The summed E-state index contributed by atoms with van der Waals surface area (Å²) >= 11 is 6.55. The van der Waals surface area contributed by atoms with E-state index in [1.54, 1.807) is 12.1 Å². The molecule has 21 heavy (non-hydrogen) atoms. The van der Waals surface area contributed by atoms with Gasteiger partial charge in [0.1, 0.15) is 0 Å². The van der Waals surface area contributed by atoms with Crippen LogP contribution < -0.4 is 5.30 Å². The molecule has 1 rings (SSSR count). The zero-order chi connectivity index (χ0) is 15.9. The van der Waals surface area contributed by atoms with Gasteiger partial charge in [-0.15, -0.1) is 0 Å². The van der Waals surface area contributed by atoms with Gasteiger partial charge in [-0.05, 0) is 0 Å². The van der Waals surface area contributed by atoms with E-state index in [1.807, 2.05) is 6.66 Å². The van der Waals surface area contributed by atoms with Crippen LogP contribution >= 0.6 is 17.9 Å². The third-order valence-corrected chi connectivity index (χ3v) is 7.82. The van der Waals surface area contributed by atoms with Crippen molar-refractivity contribution in [3.05, 3.63) is 29.8 Å². The maximum atomic E-state index is 13.1. The van der Waals surface area contributed by atoms with Crippen LogP contribution in [0.25, 0.3) is 0 Å². The van der Waals surface area contributed by atoms with Gasteiger partial charge in [0.25, 0.3) is 0 Å². The Kier molecular flexibility index (Phi) is 7.50. The number of rotatable bonds is 8. The van der Waals surface area contributed by atoms with Gasteiger partial charge in [0.15, 0.2) is 0 Å². The molecule has 0 aromatic heterocycles. The van der Waals surface area contributed by atoms with Crippen LogP contribution in [0.3, 0.4) is 0 Å². The second kappa shape index (κ2) is 8.39. The molecule has 0 bridgehead atoms. The van der Waals surface area contributed by atoms with Crippen molar-refractivity contribution < 1.29 is 13.2 Å². The molecule has 0 aliphatic carbocycles. The quantitative estimate of drug-likeness (QED) is 0.389. The minimum atomic E-state index is -4.32. The Morgan fingerprint density at radius 1 is 1.00 bits per heavy atom. The molecule has 5 heteroatoms. The van der Waals surface area contributed by atoms with E-state index in [2.05, 4.69) is 6.92 Å². The summed E-state index contributed by atoms with van der Waals surface area (Å²) in [5.74, 6) is 0. The molecule has 0 heterocycles. The first-order valence-electron chi connectivity index (χ1n) is 7.64. The predicted molar refractivity (Wildman–Crippen MR) is 89.4 cm³/mol. The second-order valence-electron chi connectivity index (χ2n) is 5.76. The molecule has 1 aromatic rings. The van der Waals surface area contributed by atoms with Crippen LogP contribution in [0.15, 0.2) is 24.3 Å². The summed E-state index contributed by atoms with van der Waals surface area (Å²) in [7, 11) is 0. The fraction of sp³-hybridized carbons (Fsp3) is 0.625. The molecule has 0 atom stereocenters. The van der Waals surface area contributed by atoms with Gasteiger partial charge in [-0.25, -0.2) is 0 Å². The molecule has 0 aliphatic rings. The Morgan fingerprint density at radius 2 is 1.57 bits per heavy atom. The normalized spacial score (nSPS) is 13.4. The third kappa shape index (κ3) is 6.16. The number of hydrogen-bond donors (Lipinski definition) is 0. The van der Waals surface area contributed by atoms with E-state index in [-0.39, 0.29) is 0 Å². The third-order valence-electron chi connectivity index (χ3n) is 3.79. The van der Waals surface area contributed by atoms with Crippen molar-refractivity contribution in [2.24, 2.45) is 0 Å². The summed E-state index contributed by atoms with van der Waals surface area (Å²) in [6.07, 6.45) is 3.14. The summed E-state index contributed by atoms with van der Waals surface area (Å²) in [5, 5.41) is 0.327. The summed E-state index contributed by atoms with van der Waals surface area (Å²) in [6, 6.07) is 5.78. The van der Waals surface area contributed by atoms with E-state index in [0.29, 0.717) is 11.5 Å². The Hall–Kier alpha value is -0.270. The SMILES string of the molecule is CCCCCCCC[PH](C)(Cl)c1ccccc1C(F)(F)F. The monoisotopic (exact) mass is 340 g/mol. The zero-order valence-electron chi connectivity index (χ0n) is 12.8. The average molecular weight is 341 g/mol. The molecular formula is C16H25ClF3P. The molecule has 122 valence electrons. The van der Waals surface area contributed by atoms with Gasteiger partial charge in [0.05, 0.1) is 0 Å². The molecule has 0 N–H and O–H groups in total. The van der Waals surface area contributed by atoms with Crippen molar-refractivity contribution in [3.63, 3.8) is 0 Å². The van der Waals surface area contributed by atoms with E-state index >= 15 is 0 Å². The molecule has 0 spiro atoms. The van der Waals surface area contributed by atoms with Crippen LogP contribution in [0, 0.1) is 0 Å².